The summed E-state index contributed by atoms with van der Waals surface area (Å²) >= 11 is 1.06. The lowest BCUT2D eigenvalue weighted by atomic mass is 10.1. The van der Waals surface area contributed by atoms with Crippen molar-refractivity contribution in [3.63, 3.8) is 0 Å². The number of hydroxylamine groups is 1. The van der Waals surface area contributed by atoms with Crippen molar-refractivity contribution in [1.82, 2.24) is 10.2 Å². The summed E-state index contributed by atoms with van der Waals surface area (Å²) in [7, 11) is 0. The summed E-state index contributed by atoms with van der Waals surface area (Å²) in [6, 6.07) is 7.84. The van der Waals surface area contributed by atoms with Crippen LogP contribution in [-0.2, 0) is 6.18 Å². The zero-order valence-corrected chi connectivity index (χ0v) is 13.7. The number of amides is 1. The van der Waals surface area contributed by atoms with Gasteiger partial charge in [0.25, 0.3) is 5.91 Å². The molecular formula is C16H14F4N2O2S. The second-order valence-electron chi connectivity index (χ2n) is 5.14. The molecule has 0 radical (unpaired) electrons. The van der Waals surface area contributed by atoms with Crippen molar-refractivity contribution in [3.8, 4) is 0 Å². The molecule has 134 valence electrons. The molecule has 0 aromatic heterocycles. The molecular weight excluding hydrogens is 360 g/mol. The van der Waals surface area contributed by atoms with E-state index in [9.17, 15) is 22.4 Å². The zero-order chi connectivity index (χ0) is 18.6. The number of hydrogen-bond donors (Lipinski definition) is 3. The van der Waals surface area contributed by atoms with Gasteiger partial charge in [0, 0.05) is 22.1 Å². The second kappa shape index (κ2) is 7.85. The molecule has 0 aliphatic heterocycles. The van der Waals surface area contributed by atoms with Crippen LogP contribution in [0.3, 0.4) is 0 Å². The second-order valence-corrected chi connectivity index (χ2v) is 6.05. The van der Waals surface area contributed by atoms with Gasteiger partial charge in [-0.15, -0.1) is 0 Å². The summed E-state index contributed by atoms with van der Waals surface area (Å²) in [4.78, 5) is 11.8. The van der Waals surface area contributed by atoms with Gasteiger partial charge in [-0.2, -0.15) is 13.2 Å². The van der Waals surface area contributed by atoms with Gasteiger partial charge in [-0.25, -0.2) is 9.87 Å². The van der Waals surface area contributed by atoms with E-state index in [4.69, 9.17) is 5.21 Å². The highest BCUT2D eigenvalue weighted by Gasteiger charge is 2.29. The van der Waals surface area contributed by atoms with E-state index in [1.807, 2.05) is 0 Å². The van der Waals surface area contributed by atoms with Gasteiger partial charge >= 0.3 is 6.18 Å². The Hall–Kier alpha value is -2.10. The number of rotatable bonds is 5. The lowest BCUT2D eigenvalue weighted by Gasteiger charge is -2.15. The fourth-order valence-corrected chi connectivity index (χ4v) is 2.73. The molecule has 0 saturated carbocycles. The van der Waals surface area contributed by atoms with Crippen molar-refractivity contribution in [2.45, 2.75) is 24.0 Å². The number of hydrogen-bond acceptors (Lipinski definition) is 4. The maximum absolute atomic E-state index is 14.1. The SMILES string of the molecule is CC(NSc1ccc(C(F)(F)F)cc1)c1ccc(C(=O)NO)cc1F. The first kappa shape index (κ1) is 19.2. The predicted molar refractivity (Wildman–Crippen MR) is 84.5 cm³/mol. The molecule has 0 spiro atoms. The average Bonchev–Trinajstić information content (AvgIpc) is 2.58. The van der Waals surface area contributed by atoms with Gasteiger partial charge in [0.05, 0.1) is 5.56 Å². The lowest BCUT2D eigenvalue weighted by molar-refractivity contribution is -0.137. The summed E-state index contributed by atoms with van der Waals surface area (Å²) in [5.41, 5.74) is 0.908. The molecule has 2 rings (SSSR count). The van der Waals surface area contributed by atoms with Crippen LogP contribution in [0.5, 0.6) is 0 Å². The topological polar surface area (TPSA) is 61.4 Å². The smallest absolute Gasteiger partial charge is 0.288 e. The number of halogens is 4. The number of alkyl halides is 3. The standard InChI is InChI=1S/C16H14F4N2O2S/c1-9(13-7-2-10(8-14(13)17)15(23)21-24)22-25-12-5-3-11(4-6-12)16(18,19)20/h2-9,22,24H,1H3,(H,21,23). The van der Waals surface area contributed by atoms with Gasteiger partial charge < -0.3 is 0 Å². The summed E-state index contributed by atoms with van der Waals surface area (Å²) in [6.07, 6.45) is -4.39. The molecule has 0 aliphatic rings. The monoisotopic (exact) mass is 374 g/mol. The van der Waals surface area contributed by atoms with Crippen LogP contribution in [0.2, 0.25) is 0 Å². The Morgan fingerprint density at radius 3 is 2.32 bits per heavy atom. The van der Waals surface area contributed by atoms with Crippen LogP contribution in [0, 0.1) is 5.82 Å². The Kier molecular flexibility index (Phi) is 6.04. The minimum atomic E-state index is -4.39. The molecule has 1 atom stereocenters. The number of benzene rings is 2. The van der Waals surface area contributed by atoms with E-state index in [2.05, 4.69) is 4.72 Å². The molecule has 2 aromatic carbocycles. The number of carbonyl (C=O) groups excluding carboxylic acids is 1. The highest BCUT2D eigenvalue weighted by molar-refractivity contribution is 7.97. The quantitative estimate of drug-likeness (QED) is 0.316. The maximum Gasteiger partial charge on any atom is 0.416 e. The number of nitrogens with one attached hydrogen (secondary N) is 2. The molecule has 9 heteroatoms. The predicted octanol–water partition coefficient (Wildman–Crippen LogP) is 4.32. The van der Waals surface area contributed by atoms with E-state index >= 15 is 0 Å². The van der Waals surface area contributed by atoms with Crippen molar-refractivity contribution in [1.29, 1.82) is 0 Å². The molecule has 4 nitrogen and oxygen atoms in total. The third-order valence-electron chi connectivity index (χ3n) is 3.37. The Bertz CT molecular complexity index is 751. The fourth-order valence-electron chi connectivity index (χ4n) is 2.02. The van der Waals surface area contributed by atoms with Gasteiger partial charge in [0.15, 0.2) is 0 Å². The zero-order valence-electron chi connectivity index (χ0n) is 12.9. The summed E-state index contributed by atoms with van der Waals surface area (Å²) in [5, 5.41) is 8.53. The molecule has 0 aliphatic carbocycles. The molecule has 2 aromatic rings. The van der Waals surface area contributed by atoms with Crippen LogP contribution in [0.25, 0.3) is 0 Å². The van der Waals surface area contributed by atoms with Crippen LogP contribution >= 0.6 is 11.9 Å². The molecule has 0 heterocycles. The Balaban J connectivity index is 2.02. The molecule has 0 fully saturated rings. The van der Waals surface area contributed by atoms with E-state index < -0.39 is 29.5 Å². The first-order chi connectivity index (χ1) is 11.7. The lowest BCUT2D eigenvalue weighted by Crippen LogP contribution is -2.19. The van der Waals surface area contributed by atoms with Crippen LogP contribution in [-0.4, -0.2) is 11.1 Å². The van der Waals surface area contributed by atoms with Crippen LogP contribution in [0.4, 0.5) is 17.6 Å². The summed E-state index contributed by atoms with van der Waals surface area (Å²) < 4.78 is 54.5. The van der Waals surface area contributed by atoms with Gasteiger partial charge in [0.2, 0.25) is 0 Å². The summed E-state index contributed by atoms with van der Waals surface area (Å²) in [5.74, 6) is -1.47. The Morgan fingerprint density at radius 2 is 1.80 bits per heavy atom. The third-order valence-corrected chi connectivity index (χ3v) is 4.35. The van der Waals surface area contributed by atoms with Gasteiger partial charge in [-0.05, 0) is 55.3 Å². The Labute approximate surface area is 145 Å². The average molecular weight is 374 g/mol. The van der Waals surface area contributed by atoms with E-state index in [-0.39, 0.29) is 11.1 Å². The third kappa shape index (κ3) is 4.94. The molecule has 0 bridgehead atoms. The maximum atomic E-state index is 14.1. The van der Waals surface area contributed by atoms with E-state index in [1.54, 1.807) is 6.92 Å². The van der Waals surface area contributed by atoms with E-state index in [0.717, 1.165) is 30.1 Å². The van der Waals surface area contributed by atoms with Crippen LogP contribution < -0.4 is 10.2 Å². The van der Waals surface area contributed by atoms with Crippen LogP contribution in [0.15, 0.2) is 47.4 Å². The van der Waals surface area contributed by atoms with Gasteiger partial charge in [-0.3, -0.25) is 14.7 Å². The Morgan fingerprint density at radius 1 is 1.16 bits per heavy atom. The highest BCUT2D eigenvalue weighted by Crippen LogP contribution is 2.31. The first-order valence-corrected chi connectivity index (χ1v) is 7.87. The summed E-state index contributed by atoms with van der Waals surface area (Å²) in [6.45, 7) is 1.67. The van der Waals surface area contributed by atoms with Crippen molar-refractivity contribution < 1.29 is 27.6 Å². The fraction of sp³-hybridized carbons (Fsp3) is 0.188. The van der Waals surface area contributed by atoms with Crippen molar-refractivity contribution >= 4 is 17.9 Å². The van der Waals surface area contributed by atoms with Crippen LogP contribution in [0.1, 0.15) is 34.5 Å². The van der Waals surface area contributed by atoms with Gasteiger partial charge in [0.1, 0.15) is 5.82 Å². The van der Waals surface area contributed by atoms with Crippen molar-refractivity contribution in [2.24, 2.45) is 0 Å². The van der Waals surface area contributed by atoms with E-state index in [0.29, 0.717) is 4.90 Å². The largest absolute Gasteiger partial charge is 0.416 e. The number of carbonyl (C=O) groups is 1. The minimum absolute atomic E-state index is 0.0358. The van der Waals surface area contributed by atoms with Gasteiger partial charge in [-0.1, -0.05) is 6.07 Å². The molecule has 0 saturated heterocycles. The molecule has 1 amide bonds. The first-order valence-electron chi connectivity index (χ1n) is 7.06. The molecule has 25 heavy (non-hydrogen) atoms. The minimum Gasteiger partial charge on any atom is -0.288 e. The molecule has 1 unspecified atom stereocenters. The van der Waals surface area contributed by atoms with E-state index in [1.165, 1.54) is 29.7 Å². The van der Waals surface area contributed by atoms with Crippen molar-refractivity contribution in [2.75, 3.05) is 0 Å². The highest BCUT2D eigenvalue weighted by atomic mass is 32.2. The molecule has 3 N–H and O–H groups in total. The van der Waals surface area contributed by atoms with Crippen molar-refractivity contribution in [3.05, 3.63) is 65.0 Å². The normalized spacial score (nSPS) is 12.7.